The molecule has 0 rings (SSSR count). The predicted molar refractivity (Wildman–Crippen MR) is 11.6 cm³/mol. The van der Waals surface area contributed by atoms with Crippen molar-refractivity contribution in [1.82, 2.24) is 0 Å². The Labute approximate surface area is 35.7 Å². The Balaban J connectivity index is 1.97. The van der Waals surface area contributed by atoms with E-state index >= 15 is 0 Å². The monoisotopic (exact) mass is 96.0 g/mol. The molecule has 0 aliphatic rings. The SMILES string of the molecule is CC[O][V]. The van der Waals surface area contributed by atoms with Crippen molar-refractivity contribution in [3.63, 3.8) is 0 Å². The fourth-order valence-corrected chi connectivity index (χ4v) is 0. The average molecular weight is 96.0 g/mol. The summed E-state index contributed by atoms with van der Waals surface area (Å²) in [6.07, 6.45) is 0. The Bertz CT molecular complexity index is 8.00. The van der Waals surface area contributed by atoms with Gasteiger partial charge in [-0.25, -0.2) is 0 Å². The summed E-state index contributed by atoms with van der Waals surface area (Å²) in [7, 11) is 0. The normalized spacial score (nSPS) is 7.25. The van der Waals surface area contributed by atoms with E-state index in [0.717, 1.165) is 6.61 Å². The number of hydrogen-bond acceptors (Lipinski definition) is 1. The van der Waals surface area contributed by atoms with Crippen molar-refractivity contribution in [2.24, 2.45) is 0 Å². The maximum absolute atomic E-state index is 4.48. The molecule has 0 fully saturated rings. The zero-order valence-corrected chi connectivity index (χ0v) is 3.96. The second-order valence-electron chi connectivity index (χ2n) is 0.418. The molecular weight excluding hydrogens is 91.0 g/mol. The molecule has 0 aliphatic heterocycles. The van der Waals surface area contributed by atoms with Crippen molar-refractivity contribution < 1.29 is 21.4 Å². The van der Waals surface area contributed by atoms with E-state index in [4.69, 9.17) is 0 Å². The van der Waals surface area contributed by atoms with E-state index in [2.05, 4.69) is 3.66 Å². The van der Waals surface area contributed by atoms with E-state index in [0.29, 0.717) is 0 Å². The van der Waals surface area contributed by atoms with Gasteiger partial charge in [0.1, 0.15) is 0 Å². The molecule has 0 N–H and O–H groups in total. The molecule has 0 radical (unpaired) electrons. The minimum atomic E-state index is 0.792. The summed E-state index contributed by atoms with van der Waals surface area (Å²) in [4.78, 5) is 0. The molecule has 0 aromatic rings. The summed E-state index contributed by atoms with van der Waals surface area (Å²) in [6.45, 7) is 2.73. The molecule has 0 unspecified atom stereocenters. The van der Waals surface area contributed by atoms with Crippen molar-refractivity contribution in [2.45, 2.75) is 6.92 Å². The van der Waals surface area contributed by atoms with Crippen LogP contribution in [0.3, 0.4) is 0 Å². The van der Waals surface area contributed by atoms with Gasteiger partial charge in [0.15, 0.2) is 0 Å². The van der Waals surface area contributed by atoms with Gasteiger partial charge < -0.3 is 0 Å². The van der Waals surface area contributed by atoms with Crippen LogP contribution in [0.1, 0.15) is 6.92 Å². The van der Waals surface area contributed by atoms with Crippen LogP contribution in [0.5, 0.6) is 0 Å². The van der Waals surface area contributed by atoms with Gasteiger partial charge in [0.05, 0.1) is 0 Å². The topological polar surface area (TPSA) is 9.23 Å². The molecule has 0 spiro atoms. The summed E-state index contributed by atoms with van der Waals surface area (Å²) in [5.74, 6) is 0. The van der Waals surface area contributed by atoms with Crippen molar-refractivity contribution in [3.8, 4) is 0 Å². The maximum atomic E-state index is 4.48. The summed E-state index contributed by atoms with van der Waals surface area (Å²) < 4.78 is 4.48. The molecule has 0 saturated heterocycles. The zero-order valence-electron chi connectivity index (χ0n) is 2.56. The quantitative estimate of drug-likeness (QED) is 0.461. The van der Waals surface area contributed by atoms with E-state index < -0.39 is 0 Å². The first-order valence-electron chi connectivity index (χ1n) is 1.18. The third kappa shape index (κ3) is 2.54. The molecule has 0 atom stereocenters. The zero-order chi connectivity index (χ0) is 3.41. The Kier molecular flexibility index (Phi) is 4.03. The fraction of sp³-hybridized carbons (Fsp3) is 1.00. The van der Waals surface area contributed by atoms with E-state index in [1.54, 1.807) is 0 Å². The second kappa shape index (κ2) is 3.54. The summed E-state index contributed by atoms with van der Waals surface area (Å²) >= 11 is 2.04. The first kappa shape index (κ1) is 4.54. The van der Waals surface area contributed by atoms with Gasteiger partial charge in [0.2, 0.25) is 0 Å². The number of rotatable bonds is 1. The van der Waals surface area contributed by atoms with Crippen LogP contribution < -0.4 is 0 Å². The van der Waals surface area contributed by atoms with Crippen molar-refractivity contribution in [1.29, 1.82) is 0 Å². The Hall–Kier alpha value is 0.544. The molecule has 1 nitrogen and oxygen atoms in total. The molecule has 0 bridgehead atoms. The third-order valence-electron chi connectivity index (χ3n) is 0.129. The molecule has 24 valence electrons. The van der Waals surface area contributed by atoms with E-state index in [1.165, 1.54) is 0 Å². The first-order valence-corrected chi connectivity index (χ1v) is 1.75. The molecule has 0 aromatic heterocycles. The summed E-state index contributed by atoms with van der Waals surface area (Å²) in [6, 6.07) is 0. The minimum absolute atomic E-state index is 0.792. The van der Waals surface area contributed by atoms with Gasteiger partial charge in [-0.1, -0.05) is 0 Å². The van der Waals surface area contributed by atoms with Gasteiger partial charge in [0, 0.05) is 0 Å². The molecule has 0 amide bonds. The van der Waals surface area contributed by atoms with Crippen LogP contribution in [0.15, 0.2) is 0 Å². The summed E-state index contributed by atoms with van der Waals surface area (Å²) in [5.41, 5.74) is 0. The van der Waals surface area contributed by atoms with E-state index in [-0.39, 0.29) is 0 Å². The predicted octanol–water partition coefficient (Wildman–Crippen LogP) is 0.485. The first-order chi connectivity index (χ1) is 1.91. The van der Waals surface area contributed by atoms with Crippen molar-refractivity contribution in [3.05, 3.63) is 0 Å². The van der Waals surface area contributed by atoms with Crippen LogP contribution in [0, 0.1) is 0 Å². The van der Waals surface area contributed by atoms with Gasteiger partial charge in [0.25, 0.3) is 0 Å². The average Bonchev–Trinajstić information content (AvgIpc) is 1.37. The second-order valence-corrected chi connectivity index (χ2v) is 0.821. The number of hydrogen-bond donors (Lipinski definition) is 0. The van der Waals surface area contributed by atoms with Crippen molar-refractivity contribution >= 4 is 0 Å². The van der Waals surface area contributed by atoms with Crippen LogP contribution in [0.4, 0.5) is 0 Å². The Morgan fingerprint density at radius 1 is 2.00 bits per heavy atom. The molecule has 0 aromatic carbocycles. The van der Waals surface area contributed by atoms with Gasteiger partial charge >= 0.3 is 35.0 Å². The van der Waals surface area contributed by atoms with Crippen LogP contribution in [0.2, 0.25) is 0 Å². The van der Waals surface area contributed by atoms with E-state index in [9.17, 15) is 0 Å². The van der Waals surface area contributed by atoms with Crippen LogP contribution >= 0.6 is 0 Å². The van der Waals surface area contributed by atoms with Crippen LogP contribution in [-0.2, 0) is 21.4 Å². The summed E-state index contributed by atoms with van der Waals surface area (Å²) in [5, 5.41) is 0. The van der Waals surface area contributed by atoms with Gasteiger partial charge in [-0.15, -0.1) is 0 Å². The van der Waals surface area contributed by atoms with E-state index in [1.807, 2.05) is 24.7 Å². The molecule has 4 heavy (non-hydrogen) atoms. The molecule has 0 saturated carbocycles. The molecular formula is C2H5OV. The van der Waals surface area contributed by atoms with Crippen LogP contribution in [0.25, 0.3) is 0 Å². The van der Waals surface area contributed by atoms with Gasteiger partial charge in [-0.05, 0) is 0 Å². The molecule has 0 aliphatic carbocycles. The fourth-order valence-electron chi connectivity index (χ4n) is 0. The molecule has 2 heteroatoms. The van der Waals surface area contributed by atoms with Gasteiger partial charge in [-0.3, -0.25) is 0 Å². The van der Waals surface area contributed by atoms with Gasteiger partial charge in [-0.2, -0.15) is 0 Å². The molecule has 0 heterocycles. The van der Waals surface area contributed by atoms with Crippen LogP contribution in [-0.4, -0.2) is 6.61 Å². The Morgan fingerprint density at radius 3 is 2.25 bits per heavy atom. The third-order valence-corrected chi connectivity index (χ3v) is 0.532. The standard InChI is InChI=1S/C2H5O.V/c1-2-3;/h2H2,1H3;/q-1;+1. The Morgan fingerprint density at radius 2 is 2.25 bits per heavy atom. The van der Waals surface area contributed by atoms with Crippen molar-refractivity contribution in [2.75, 3.05) is 6.61 Å².